The topological polar surface area (TPSA) is 64.6 Å². The number of hydrogen-bond donors (Lipinski definition) is 1. The number of amides is 1. The zero-order valence-corrected chi connectivity index (χ0v) is 8.41. The number of carbonyl (C=O) groups excluding carboxylic acids is 2. The summed E-state index contributed by atoms with van der Waals surface area (Å²) in [6.07, 6.45) is 0.722. The molecule has 0 radical (unpaired) electrons. The van der Waals surface area contributed by atoms with Crippen LogP contribution in [0.1, 0.15) is 13.3 Å². The molecule has 2 unspecified atom stereocenters. The molecule has 0 aliphatic carbocycles. The summed E-state index contributed by atoms with van der Waals surface area (Å²) in [6.45, 7) is 2.66. The van der Waals surface area contributed by atoms with E-state index in [-0.39, 0.29) is 11.8 Å². The summed E-state index contributed by atoms with van der Waals surface area (Å²) < 4.78 is 9.56. The van der Waals surface area contributed by atoms with Crippen LogP contribution in [-0.2, 0) is 19.1 Å². The summed E-state index contributed by atoms with van der Waals surface area (Å²) in [5.41, 5.74) is 0. The molecule has 0 aromatic heterocycles. The fraction of sp³-hybridized carbons (Fsp3) is 0.778. The second-order valence-corrected chi connectivity index (χ2v) is 3.31. The van der Waals surface area contributed by atoms with Gasteiger partial charge in [0.05, 0.1) is 19.6 Å². The number of methoxy groups -OCH3 is 1. The number of rotatable bonds is 3. The third-order valence-electron chi connectivity index (χ3n) is 2.21. The highest BCUT2D eigenvalue weighted by atomic mass is 16.5. The average molecular weight is 201 g/mol. The maximum atomic E-state index is 11.5. The Labute approximate surface area is 82.8 Å². The summed E-state index contributed by atoms with van der Waals surface area (Å²) in [4.78, 5) is 22.5. The van der Waals surface area contributed by atoms with Crippen LogP contribution in [-0.4, -0.2) is 38.2 Å². The number of hydrogen-bond acceptors (Lipinski definition) is 4. The molecule has 5 nitrogen and oxygen atoms in total. The Balaban J connectivity index is 2.35. The highest BCUT2D eigenvalue weighted by molar-refractivity contribution is 5.85. The summed E-state index contributed by atoms with van der Waals surface area (Å²) >= 11 is 0. The van der Waals surface area contributed by atoms with E-state index in [0.717, 1.165) is 6.42 Å². The van der Waals surface area contributed by atoms with Crippen LogP contribution in [0.4, 0.5) is 0 Å². The molecule has 1 saturated heterocycles. The zero-order chi connectivity index (χ0) is 10.6. The Hall–Kier alpha value is -1.10. The van der Waals surface area contributed by atoms with Crippen molar-refractivity contribution in [2.24, 2.45) is 5.92 Å². The normalized spacial score (nSPS) is 22.9. The quantitative estimate of drug-likeness (QED) is 0.637. The van der Waals surface area contributed by atoms with Crippen molar-refractivity contribution in [1.82, 2.24) is 5.32 Å². The lowest BCUT2D eigenvalue weighted by molar-refractivity contribution is -0.145. The Morgan fingerprint density at radius 1 is 1.57 bits per heavy atom. The molecular formula is C9H15NO4. The zero-order valence-electron chi connectivity index (χ0n) is 8.41. The maximum Gasteiger partial charge on any atom is 0.328 e. The molecule has 1 heterocycles. The molecule has 14 heavy (non-hydrogen) atoms. The van der Waals surface area contributed by atoms with Gasteiger partial charge < -0.3 is 14.8 Å². The fourth-order valence-corrected chi connectivity index (χ4v) is 1.31. The van der Waals surface area contributed by atoms with E-state index in [1.54, 1.807) is 6.92 Å². The van der Waals surface area contributed by atoms with Gasteiger partial charge >= 0.3 is 5.97 Å². The van der Waals surface area contributed by atoms with Crippen molar-refractivity contribution in [1.29, 1.82) is 0 Å². The molecule has 0 bridgehead atoms. The lowest BCUT2D eigenvalue weighted by Gasteiger charge is -2.13. The van der Waals surface area contributed by atoms with E-state index < -0.39 is 12.0 Å². The third kappa shape index (κ3) is 2.70. The molecule has 0 aromatic carbocycles. The number of esters is 1. The monoisotopic (exact) mass is 201 g/mol. The Bertz CT molecular complexity index is 223. The SMILES string of the molecule is COC(=O)C(C)NC(=O)C1CCOC1. The second kappa shape index (κ2) is 4.95. The van der Waals surface area contributed by atoms with Crippen LogP contribution in [0.15, 0.2) is 0 Å². The second-order valence-electron chi connectivity index (χ2n) is 3.31. The number of carbonyl (C=O) groups is 2. The van der Waals surface area contributed by atoms with Crippen LogP contribution in [0, 0.1) is 5.92 Å². The third-order valence-corrected chi connectivity index (χ3v) is 2.21. The molecule has 1 aliphatic heterocycles. The average Bonchev–Trinajstić information content (AvgIpc) is 2.69. The lowest BCUT2D eigenvalue weighted by Crippen LogP contribution is -2.42. The van der Waals surface area contributed by atoms with Gasteiger partial charge in [-0.15, -0.1) is 0 Å². The van der Waals surface area contributed by atoms with Gasteiger partial charge in [-0.25, -0.2) is 4.79 Å². The smallest absolute Gasteiger partial charge is 0.328 e. The first kappa shape index (κ1) is 11.0. The molecule has 1 amide bonds. The Morgan fingerprint density at radius 2 is 2.29 bits per heavy atom. The maximum absolute atomic E-state index is 11.5. The minimum atomic E-state index is -0.590. The summed E-state index contributed by atoms with van der Waals surface area (Å²) in [5, 5.41) is 2.58. The largest absolute Gasteiger partial charge is 0.467 e. The molecule has 1 fully saturated rings. The minimum Gasteiger partial charge on any atom is -0.467 e. The Kier molecular flexibility index (Phi) is 3.88. The van der Waals surface area contributed by atoms with E-state index in [9.17, 15) is 9.59 Å². The van der Waals surface area contributed by atoms with Crippen molar-refractivity contribution in [2.45, 2.75) is 19.4 Å². The van der Waals surface area contributed by atoms with Crippen LogP contribution in [0.5, 0.6) is 0 Å². The lowest BCUT2D eigenvalue weighted by atomic mass is 10.1. The first-order valence-corrected chi connectivity index (χ1v) is 4.61. The van der Waals surface area contributed by atoms with Gasteiger partial charge in [-0.2, -0.15) is 0 Å². The molecule has 0 aromatic rings. The van der Waals surface area contributed by atoms with Crippen molar-refractivity contribution in [3.8, 4) is 0 Å². The highest BCUT2D eigenvalue weighted by Gasteiger charge is 2.26. The molecule has 1 rings (SSSR count). The summed E-state index contributed by atoms with van der Waals surface area (Å²) in [7, 11) is 1.30. The van der Waals surface area contributed by atoms with Gasteiger partial charge in [0.15, 0.2) is 0 Å². The Morgan fingerprint density at radius 3 is 2.79 bits per heavy atom. The predicted molar refractivity (Wildman–Crippen MR) is 48.5 cm³/mol. The fourth-order valence-electron chi connectivity index (χ4n) is 1.31. The van der Waals surface area contributed by atoms with E-state index in [2.05, 4.69) is 10.1 Å². The van der Waals surface area contributed by atoms with E-state index in [0.29, 0.717) is 13.2 Å². The number of ether oxygens (including phenoxy) is 2. The molecule has 1 aliphatic rings. The van der Waals surface area contributed by atoms with Gasteiger partial charge in [0, 0.05) is 6.61 Å². The number of nitrogens with one attached hydrogen (secondary N) is 1. The molecule has 2 atom stereocenters. The van der Waals surface area contributed by atoms with Gasteiger partial charge in [-0.3, -0.25) is 4.79 Å². The standard InChI is InChI=1S/C9H15NO4/c1-6(9(12)13-2)10-8(11)7-3-4-14-5-7/h6-7H,3-5H2,1-2H3,(H,10,11). The summed E-state index contributed by atoms with van der Waals surface area (Å²) in [6, 6.07) is -0.590. The van der Waals surface area contributed by atoms with Crippen LogP contribution in [0.2, 0.25) is 0 Å². The van der Waals surface area contributed by atoms with Crippen molar-refractivity contribution in [3.63, 3.8) is 0 Å². The van der Waals surface area contributed by atoms with Crippen LogP contribution in [0.25, 0.3) is 0 Å². The first-order valence-electron chi connectivity index (χ1n) is 4.61. The van der Waals surface area contributed by atoms with Gasteiger partial charge in [0.25, 0.3) is 0 Å². The van der Waals surface area contributed by atoms with Gasteiger partial charge in [0.2, 0.25) is 5.91 Å². The molecule has 1 N–H and O–H groups in total. The molecule has 80 valence electrons. The van der Waals surface area contributed by atoms with Crippen molar-refractivity contribution in [3.05, 3.63) is 0 Å². The highest BCUT2D eigenvalue weighted by Crippen LogP contribution is 2.12. The van der Waals surface area contributed by atoms with E-state index >= 15 is 0 Å². The van der Waals surface area contributed by atoms with Crippen LogP contribution >= 0.6 is 0 Å². The van der Waals surface area contributed by atoms with Gasteiger partial charge in [-0.05, 0) is 13.3 Å². The van der Waals surface area contributed by atoms with E-state index in [1.165, 1.54) is 7.11 Å². The molecule has 0 spiro atoms. The van der Waals surface area contributed by atoms with Crippen LogP contribution in [0.3, 0.4) is 0 Å². The van der Waals surface area contributed by atoms with Gasteiger partial charge in [0.1, 0.15) is 6.04 Å². The van der Waals surface area contributed by atoms with E-state index in [4.69, 9.17) is 4.74 Å². The first-order chi connectivity index (χ1) is 6.65. The van der Waals surface area contributed by atoms with Crippen molar-refractivity contribution < 1.29 is 19.1 Å². The summed E-state index contributed by atoms with van der Waals surface area (Å²) in [5.74, 6) is -0.695. The molecule has 5 heteroatoms. The minimum absolute atomic E-state index is 0.123. The molecular weight excluding hydrogens is 186 g/mol. The van der Waals surface area contributed by atoms with Crippen molar-refractivity contribution >= 4 is 11.9 Å². The van der Waals surface area contributed by atoms with Gasteiger partial charge in [-0.1, -0.05) is 0 Å². The van der Waals surface area contributed by atoms with Crippen molar-refractivity contribution in [2.75, 3.05) is 20.3 Å². The predicted octanol–water partition coefficient (Wildman–Crippen LogP) is -0.299. The van der Waals surface area contributed by atoms with E-state index in [1.807, 2.05) is 0 Å². The van der Waals surface area contributed by atoms with Crippen LogP contribution < -0.4 is 5.32 Å². The molecule has 0 saturated carbocycles.